The van der Waals surface area contributed by atoms with E-state index in [4.69, 9.17) is 10.6 Å². The third-order valence-electron chi connectivity index (χ3n) is 3.49. The number of nitrogens with two attached hydrogens (primary N) is 1. The maximum atomic E-state index is 12.0. The molecule has 0 aliphatic rings. The second kappa shape index (κ2) is 6.41. The van der Waals surface area contributed by atoms with E-state index in [1.165, 1.54) is 0 Å². The van der Waals surface area contributed by atoms with Gasteiger partial charge in [-0.25, -0.2) is 5.84 Å². The predicted octanol–water partition coefficient (Wildman–Crippen LogP) is 2.72. The lowest BCUT2D eigenvalue weighted by atomic mass is 10.0. The number of carbonyl (C=O) groups is 1. The Kier molecular flexibility index (Phi) is 4.60. The topological polar surface area (TPSA) is 64.3 Å². The molecule has 0 saturated carbocycles. The molecular formula is C17H20N2O2. The minimum Gasteiger partial charge on any atom is -0.475 e. The molecule has 0 spiro atoms. The normalized spacial score (nSPS) is 11.8. The van der Waals surface area contributed by atoms with Gasteiger partial charge in [0.2, 0.25) is 6.10 Å². The Balaban J connectivity index is 2.39. The van der Waals surface area contributed by atoms with Crippen LogP contribution in [0.3, 0.4) is 0 Å². The highest BCUT2D eigenvalue weighted by Crippen LogP contribution is 2.28. The number of hydrogen-bond donors (Lipinski definition) is 2. The number of hydrazine groups is 1. The van der Waals surface area contributed by atoms with Gasteiger partial charge in [0.05, 0.1) is 0 Å². The van der Waals surface area contributed by atoms with E-state index in [0.29, 0.717) is 5.75 Å². The molecule has 110 valence electrons. The molecule has 0 saturated heterocycles. The van der Waals surface area contributed by atoms with Gasteiger partial charge in [-0.3, -0.25) is 10.2 Å². The quantitative estimate of drug-likeness (QED) is 0.515. The van der Waals surface area contributed by atoms with Crippen molar-refractivity contribution in [2.45, 2.75) is 26.9 Å². The second-order valence-electron chi connectivity index (χ2n) is 5.12. The Morgan fingerprint density at radius 3 is 2.43 bits per heavy atom. The highest BCUT2D eigenvalue weighted by atomic mass is 16.5. The summed E-state index contributed by atoms with van der Waals surface area (Å²) in [5.74, 6) is 5.61. The molecule has 0 aliphatic heterocycles. The Bertz CT molecular complexity index is 639. The zero-order chi connectivity index (χ0) is 15.4. The molecule has 2 rings (SSSR count). The first kappa shape index (κ1) is 15.1. The smallest absolute Gasteiger partial charge is 0.279 e. The Morgan fingerprint density at radius 1 is 1.14 bits per heavy atom. The van der Waals surface area contributed by atoms with Gasteiger partial charge in [-0.2, -0.15) is 0 Å². The number of ether oxygens (including phenoxy) is 1. The first-order valence-corrected chi connectivity index (χ1v) is 6.83. The van der Waals surface area contributed by atoms with Gasteiger partial charge in [0, 0.05) is 5.56 Å². The summed E-state index contributed by atoms with van der Waals surface area (Å²) >= 11 is 0. The largest absolute Gasteiger partial charge is 0.475 e. The number of aryl methyl sites for hydroxylation is 2. The van der Waals surface area contributed by atoms with E-state index in [-0.39, 0.29) is 5.91 Å². The number of hydrogen-bond acceptors (Lipinski definition) is 3. The first-order chi connectivity index (χ1) is 10.0. The third-order valence-corrected chi connectivity index (χ3v) is 3.49. The average Bonchev–Trinajstić information content (AvgIpc) is 2.49. The van der Waals surface area contributed by atoms with Crippen LogP contribution in [0, 0.1) is 20.8 Å². The molecule has 0 aliphatic carbocycles. The van der Waals surface area contributed by atoms with E-state index < -0.39 is 6.10 Å². The van der Waals surface area contributed by atoms with Crippen LogP contribution in [0.15, 0.2) is 42.5 Å². The van der Waals surface area contributed by atoms with Gasteiger partial charge < -0.3 is 4.74 Å². The van der Waals surface area contributed by atoms with Gasteiger partial charge in [-0.05, 0) is 43.5 Å². The minimum atomic E-state index is -0.768. The number of benzene rings is 2. The van der Waals surface area contributed by atoms with Crippen molar-refractivity contribution in [3.05, 3.63) is 64.7 Å². The zero-order valence-corrected chi connectivity index (χ0v) is 12.5. The molecule has 0 aromatic heterocycles. The van der Waals surface area contributed by atoms with Crippen LogP contribution in [-0.2, 0) is 4.79 Å². The van der Waals surface area contributed by atoms with Crippen LogP contribution < -0.4 is 16.0 Å². The summed E-state index contributed by atoms with van der Waals surface area (Å²) in [7, 11) is 0. The van der Waals surface area contributed by atoms with Gasteiger partial charge >= 0.3 is 0 Å². The standard InChI is InChI=1S/C17H20N2O2/c1-11-9-12(2)13(3)15(10-11)21-16(17(20)19-18)14-7-5-4-6-8-14/h4-10,16H,18H2,1-3H3,(H,19,20). The maximum absolute atomic E-state index is 12.0. The molecule has 2 aromatic carbocycles. The average molecular weight is 284 g/mol. The first-order valence-electron chi connectivity index (χ1n) is 6.83. The number of carbonyl (C=O) groups excluding carboxylic acids is 1. The molecule has 21 heavy (non-hydrogen) atoms. The van der Waals surface area contributed by atoms with E-state index in [9.17, 15) is 4.79 Å². The van der Waals surface area contributed by atoms with E-state index in [1.54, 1.807) is 0 Å². The summed E-state index contributed by atoms with van der Waals surface area (Å²) in [6.07, 6.45) is -0.768. The number of rotatable bonds is 4. The Hall–Kier alpha value is -2.33. The Morgan fingerprint density at radius 2 is 1.81 bits per heavy atom. The molecule has 0 fully saturated rings. The van der Waals surface area contributed by atoms with Crippen LogP contribution in [0.2, 0.25) is 0 Å². The van der Waals surface area contributed by atoms with E-state index in [2.05, 4.69) is 11.5 Å². The molecule has 1 atom stereocenters. The minimum absolute atomic E-state index is 0.375. The van der Waals surface area contributed by atoms with Crippen LogP contribution in [-0.4, -0.2) is 5.91 Å². The summed E-state index contributed by atoms with van der Waals surface area (Å²) in [5.41, 5.74) is 6.17. The molecule has 4 nitrogen and oxygen atoms in total. The van der Waals surface area contributed by atoms with Crippen LogP contribution >= 0.6 is 0 Å². The lowest BCUT2D eigenvalue weighted by Gasteiger charge is -2.20. The SMILES string of the molecule is Cc1cc(C)c(C)c(OC(C(=O)NN)c2ccccc2)c1. The Labute approximate surface area is 124 Å². The van der Waals surface area contributed by atoms with Crippen molar-refractivity contribution in [3.8, 4) is 5.75 Å². The predicted molar refractivity (Wildman–Crippen MR) is 82.8 cm³/mol. The van der Waals surface area contributed by atoms with Crippen LogP contribution in [0.5, 0.6) is 5.75 Å². The summed E-state index contributed by atoms with van der Waals surface area (Å²) in [6, 6.07) is 13.3. The molecule has 0 bridgehead atoms. The monoisotopic (exact) mass is 284 g/mol. The molecule has 0 radical (unpaired) electrons. The summed E-state index contributed by atoms with van der Waals surface area (Å²) in [4.78, 5) is 12.0. The van der Waals surface area contributed by atoms with Crippen molar-refractivity contribution in [2.24, 2.45) is 5.84 Å². The summed E-state index contributed by atoms with van der Waals surface area (Å²) < 4.78 is 5.95. The number of nitrogens with one attached hydrogen (secondary N) is 1. The zero-order valence-electron chi connectivity index (χ0n) is 12.5. The highest BCUT2D eigenvalue weighted by Gasteiger charge is 2.22. The van der Waals surface area contributed by atoms with Crippen molar-refractivity contribution in [2.75, 3.05) is 0 Å². The van der Waals surface area contributed by atoms with Crippen LogP contribution in [0.1, 0.15) is 28.4 Å². The van der Waals surface area contributed by atoms with E-state index in [1.807, 2.05) is 57.2 Å². The van der Waals surface area contributed by atoms with E-state index in [0.717, 1.165) is 22.3 Å². The van der Waals surface area contributed by atoms with Gasteiger partial charge in [0.15, 0.2) is 0 Å². The van der Waals surface area contributed by atoms with E-state index >= 15 is 0 Å². The molecule has 1 unspecified atom stereocenters. The number of amides is 1. The van der Waals surface area contributed by atoms with Crippen molar-refractivity contribution in [1.82, 2.24) is 5.43 Å². The van der Waals surface area contributed by atoms with Crippen molar-refractivity contribution in [1.29, 1.82) is 0 Å². The second-order valence-corrected chi connectivity index (χ2v) is 5.12. The molecule has 2 aromatic rings. The fourth-order valence-electron chi connectivity index (χ4n) is 2.23. The molecular weight excluding hydrogens is 264 g/mol. The van der Waals surface area contributed by atoms with Gasteiger partial charge in [-0.15, -0.1) is 0 Å². The van der Waals surface area contributed by atoms with Crippen molar-refractivity contribution >= 4 is 5.91 Å². The van der Waals surface area contributed by atoms with Gasteiger partial charge in [0.1, 0.15) is 5.75 Å². The van der Waals surface area contributed by atoms with Crippen LogP contribution in [0.25, 0.3) is 0 Å². The van der Waals surface area contributed by atoms with Crippen molar-refractivity contribution in [3.63, 3.8) is 0 Å². The fourth-order valence-corrected chi connectivity index (χ4v) is 2.23. The van der Waals surface area contributed by atoms with Gasteiger partial charge in [-0.1, -0.05) is 36.4 Å². The van der Waals surface area contributed by atoms with Crippen LogP contribution in [0.4, 0.5) is 0 Å². The highest BCUT2D eigenvalue weighted by molar-refractivity contribution is 5.82. The summed E-state index contributed by atoms with van der Waals surface area (Å²) in [6.45, 7) is 6.00. The third kappa shape index (κ3) is 3.41. The molecule has 0 heterocycles. The fraction of sp³-hybridized carbons (Fsp3) is 0.235. The lowest BCUT2D eigenvalue weighted by Crippen LogP contribution is -2.37. The molecule has 1 amide bonds. The van der Waals surface area contributed by atoms with Crippen molar-refractivity contribution < 1.29 is 9.53 Å². The van der Waals surface area contributed by atoms with Gasteiger partial charge in [0.25, 0.3) is 5.91 Å². The maximum Gasteiger partial charge on any atom is 0.279 e. The summed E-state index contributed by atoms with van der Waals surface area (Å²) in [5, 5.41) is 0. The molecule has 4 heteroatoms. The molecule has 3 N–H and O–H groups in total. The lowest BCUT2D eigenvalue weighted by molar-refractivity contribution is -0.128.